The molecule has 0 aromatic carbocycles. The van der Waals surface area contributed by atoms with Crippen LogP contribution in [0.1, 0.15) is 139 Å². The minimum Gasteiger partial charge on any atom is -0.460 e. The third kappa shape index (κ3) is 30.8. The Labute approximate surface area is 218 Å². The lowest BCUT2D eigenvalue weighted by molar-refractivity contribution is -0.165. The van der Waals surface area contributed by atoms with Crippen LogP contribution in [0, 0.1) is 11.3 Å². The Bertz CT molecular complexity index is 472. The Morgan fingerprint density at radius 3 is 1.57 bits per heavy atom. The number of hydrogen-bond acceptors (Lipinski definition) is 5. The summed E-state index contributed by atoms with van der Waals surface area (Å²) >= 11 is 0. The predicted molar refractivity (Wildman–Crippen MR) is 148 cm³/mol. The summed E-state index contributed by atoms with van der Waals surface area (Å²) < 4.78 is 10.5. The first-order valence-corrected chi connectivity index (χ1v) is 14.0. The third-order valence-corrected chi connectivity index (χ3v) is 5.81. The number of rotatable bonds is 17. The Hall–Kier alpha value is -1.14. The molecule has 0 aromatic rings. The van der Waals surface area contributed by atoms with Crippen LogP contribution in [0.25, 0.3) is 0 Å². The average molecular weight is 504 g/mol. The molecule has 0 saturated heterocycles. The van der Waals surface area contributed by atoms with Crippen LogP contribution in [-0.4, -0.2) is 42.4 Å². The molecule has 0 aromatic heterocycles. The summed E-state index contributed by atoms with van der Waals surface area (Å²) in [7, 11) is 0. The first-order valence-electron chi connectivity index (χ1n) is 14.0. The van der Waals surface area contributed by atoms with Gasteiger partial charge in [0.25, 0.3) is 0 Å². The van der Waals surface area contributed by atoms with Crippen LogP contribution in [0.5, 0.6) is 0 Å². The van der Waals surface area contributed by atoms with E-state index < -0.39 is 0 Å². The summed E-state index contributed by atoms with van der Waals surface area (Å²) in [6.07, 6.45) is 15.2. The highest BCUT2D eigenvalue weighted by atomic mass is 16.6. The quantitative estimate of drug-likeness (QED) is 0.161. The standard InChI is InChI=1S/C14H30O2.C10H20O2.C5H11NO/c1-2-3-4-5-6-7-8-9-10-11-13-16-14-12-15;1-7-10(5,6)8(11)12-9(2,3)4;1-3-4(2)5(6)7/h15H,2-14H2,1H3;7H2,1-6H3;4H,3H2,1-2H3,(H2,6,7). The lowest BCUT2D eigenvalue weighted by atomic mass is 9.90. The molecule has 0 heterocycles. The second-order valence-corrected chi connectivity index (χ2v) is 11.0. The van der Waals surface area contributed by atoms with Crippen LogP contribution >= 0.6 is 0 Å². The van der Waals surface area contributed by atoms with Gasteiger partial charge in [-0.05, 0) is 53.9 Å². The van der Waals surface area contributed by atoms with Gasteiger partial charge >= 0.3 is 5.97 Å². The van der Waals surface area contributed by atoms with Gasteiger partial charge in [0.2, 0.25) is 5.91 Å². The summed E-state index contributed by atoms with van der Waals surface area (Å²) in [6, 6.07) is 0. The van der Waals surface area contributed by atoms with Gasteiger partial charge in [-0.2, -0.15) is 0 Å². The number of amides is 1. The van der Waals surface area contributed by atoms with Crippen molar-refractivity contribution in [2.75, 3.05) is 19.8 Å². The smallest absolute Gasteiger partial charge is 0.312 e. The molecule has 212 valence electrons. The number of aliphatic hydroxyl groups excluding tert-OH is 1. The average Bonchev–Trinajstić information content (AvgIpc) is 2.79. The summed E-state index contributed by atoms with van der Waals surface area (Å²) in [5.41, 5.74) is 4.18. The zero-order valence-electron chi connectivity index (χ0n) is 24.8. The molecule has 3 N–H and O–H groups in total. The van der Waals surface area contributed by atoms with Gasteiger partial charge in [0, 0.05) is 12.5 Å². The summed E-state index contributed by atoms with van der Waals surface area (Å²) in [4.78, 5) is 21.6. The number of aliphatic hydroxyl groups is 1. The molecule has 0 aliphatic rings. The van der Waals surface area contributed by atoms with Gasteiger partial charge in [0.05, 0.1) is 18.6 Å². The third-order valence-electron chi connectivity index (χ3n) is 5.81. The Balaban J connectivity index is -0.000000474. The van der Waals surface area contributed by atoms with E-state index in [-0.39, 0.29) is 35.4 Å². The van der Waals surface area contributed by atoms with Crippen molar-refractivity contribution in [3.8, 4) is 0 Å². The fourth-order valence-corrected chi connectivity index (χ4v) is 2.62. The Morgan fingerprint density at radius 1 is 0.800 bits per heavy atom. The molecule has 0 radical (unpaired) electrons. The summed E-state index contributed by atoms with van der Waals surface area (Å²) in [6.45, 7) is 18.9. The van der Waals surface area contributed by atoms with Crippen LogP contribution in [0.2, 0.25) is 0 Å². The van der Waals surface area contributed by atoms with Crippen LogP contribution in [0.4, 0.5) is 0 Å². The lowest BCUT2D eigenvalue weighted by Gasteiger charge is -2.27. The zero-order chi connectivity index (χ0) is 27.8. The van der Waals surface area contributed by atoms with Gasteiger partial charge in [-0.15, -0.1) is 0 Å². The highest BCUT2D eigenvalue weighted by Crippen LogP contribution is 2.24. The molecule has 1 atom stereocenters. The van der Waals surface area contributed by atoms with E-state index in [1.54, 1.807) is 0 Å². The number of carbonyl (C=O) groups excluding carboxylic acids is 2. The second kappa shape index (κ2) is 24.5. The molecular formula is C29H61NO5. The largest absolute Gasteiger partial charge is 0.460 e. The van der Waals surface area contributed by atoms with E-state index in [1.165, 1.54) is 57.8 Å². The zero-order valence-corrected chi connectivity index (χ0v) is 24.8. The topological polar surface area (TPSA) is 98.9 Å². The fraction of sp³-hybridized carbons (Fsp3) is 0.931. The molecule has 0 bridgehead atoms. The van der Waals surface area contributed by atoms with Crippen molar-refractivity contribution in [2.24, 2.45) is 17.1 Å². The molecule has 0 spiro atoms. The van der Waals surface area contributed by atoms with Crippen LogP contribution in [-0.2, 0) is 19.1 Å². The van der Waals surface area contributed by atoms with Gasteiger partial charge in [-0.25, -0.2) is 0 Å². The molecule has 0 aliphatic carbocycles. The number of ether oxygens (including phenoxy) is 2. The predicted octanol–water partition coefficient (Wildman–Crippen LogP) is 7.20. The van der Waals surface area contributed by atoms with Crippen molar-refractivity contribution >= 4 is 11.9 Å². The maximum atomic E-state index is 11.5. The van der Waals surface area contributed by atoms with Crippen molar-refractivity contribution in [2.45, 2.75) is 145 Å². The first-order chi connectivity index (χ1) is 16.3. The number of hydrogen-bond donors (Lipinski definition) is 2. The fourth-order valence-electron chi connectivity index (χ4n) is 2.62. The molecular weight excluding hydrogens is 442 g/mol. The van der Waals surface area contributed by atoms with Crippen LogP contribution < -0.4 is 5.73 Å². The monoisotopic (exact) mass is 503 g/mol. The van der Waals surface area contributed by atoms with E-state index in [0.717, 1.165) is 25.9 Å². The summed E-state index contributed by atoms with van der Waals surface area (Å²) in [5.74, 6) is -0.278. The number of carbonyl (C=O) groups is 2. The van der Waals surface area contributed by atoms with Gasteiger partial charge < -0.3 is 20.3 Å². The molecule has 6 heteroatoms. The maximum Gasteiger partial charge on any atom is 0.312 e. The molecule has 1 unspecified atom stereocenters. The summed E-state index contributed by atoms with van der Waals surface area (Å²) in [5, 5.41) is 8.50. The molecule has 0 fully saturated rings. The van der Waals surface area contributed by atoms with Crippen molar-refractivity contribution < 1.29 is 24.2 Å². The number of nitrogens with two attached hydrogens (primary N) is 1. The molecule has 0 rings (SSSR count). The maximum absolute atomic E-state index is 11.5. The number of unbranched alkanes of at least 4 members (excludes halogenated alkanes) is 9. The minimum atomic E-state index is -0.372. The van der Waals surface area contributed by atoms with E-state index in [1.807, 2.05) is 55.4 Å². The van der Waals surface area contributed by atoms with Crippen molar-refractivity contribution in [3.05, 3.63) is 0 Å². The first kappa shape index (κ1) is 38.4. The van der Waals surface area contributed by atoms with E-state index >= 15 is 0 Å². The van der Waals surface area contributed by atoms with Gasteiger partial charge in [-0.1, -0.05) is 85.5 Å². The molecule has 6 nitrogen and oxygen atoms in total. The number of esters is 1. The minimum absolute atomic E-state index is 0.0417. The Morgan fingerprint density at radius 2 is 1.26 bits per heavy atom. The van der Waals surface area contributed by atoms with E-state index in [2.05, 4.69) is 6.92 Å². The van der Waals surface area contributed by atoms with Crippen LogP contribution in [0.3, 0.4) is 0 Å². The number of primary amides is 1. The van der Waals surface area contributed by atoms with Gasteiger partial charge in [0.1, 0.15) is 5.60 Å². The van der Waals surface area contributed by atoms with Crippen LogP contribution in [0.15, 0.2) is 0 Å². The molecule has 35 heavy (non-hydrogen) atoms. The molecule has 1 amide bonds. The highest BCUT2D eigenvalue weighted by molar-refractivity contribution is 5.76. The van der Waals surface area contributed by atoms with Crippen molar-refractivity contribution in [1.29, 1.82) is 0 Å². The lowest BCUT2D eigenvalue weighted by Crippen LogP contribution is -2.33. The van der Waals surface area contributed by atoms with E-state index in [0.29, 0.717) is 6.61 Å². The van der Waals surface area contributed by atoms with E-state index in [4.69, 9.17) is 20.3 Å². The van der Waals surface area contributed by atoms with Gasteiger partial charge in [0.15, 0.2) is 0 Å². The normalized spacial score (nSPS) is 12.1. The molecule has 0 aliphatic heterocycles. The van der Waals surface area contributed by atoms with Crippen molar-refractivity contribution in [1.82, 2.24) is 0 Å². The van der Waals surface area contributed by atoms with Crippen molar-refractivity contribution in [3.63, 3.8) is 0 Å². The second-order valence-electron chi connectivity index (χ2n) is 11.0. The Kier molecular flexibility index (Phi) is 26.9. The molecule has 0 saturated carbocycles. The SMILES string of the molecule is CCC(C)(C)C(=O)OC(C)(C)C.CCC(C)C(N)=O.CCCCCCCCCCCCOCCO. The highest BCUT2D eigenvalue weighted by Gasteiger charge is 2.30. The van der Waals surface area contributed by atoms with Gasteiger partial charge in [-0.3, -0.25) is 9.59 Å². The van der Waals surface area contributed by atoms with E-state index in [9.17, 15) is 9.59 Å².